The zero-order valence-electron chi connectivity index (χ0n) is 9.61. The Morgan fingerprint density at radius 3 is 2.42 bits per heavy atom. The van der Waals surface area contributed by atoms with E-state index in [1.54, 1.807) is 4.90 Å². The van der Waals surface area contributed by atoms with Crippen molar-refractivity contribution in [1.82, 2.24) is 0 Å². The highest BCUT2D eigenvalue weighted by molar-refractivity contribution is 9.11. The van der Waals surface area contributed by atoms with E-state index in [1.165, 1.54) is 12.1 Å². The molecular weight excluding hydrogens is 403 g/mol. The van der Waals surface area contributed by atoms with Crippen molar-refractivity contribution in [2.24, 2.45) is 5.92 Å². The van der Waals surface area contributed by atoms with Gasteiger partial charge in [-0.3, -0.25) is 14.9 Å². The number of nitro groups is 1. The highest BCUT2D eigenvalue weighted by Gasteiger charge is 2.32. The van der Waals surface area contributed by atoms with Crippen LogP contribution in [0.5, 0.6) is 0 Å². The topological polar surface area (TPSA) is 63.5 Å². The number of amides is 1. The fourth-order valence-corrected chi connectivity index (χ4v) is 3.81. The number of benzene rings is 1. The highest BCUT2D eigenvalue weighted by Crippen LogP contribution is 2.40. The number of alkyl halides is 1. The second-order valence-corrected chi connectivity index (χ2v) is 6.26. The molecule has 0 radical (unpaired) electrons. The normalized spacial score (nSPS) is 19.0. The van der Waals surface area contributed by atoms with Crippen LogP contribution < -0.4 is 4.90 Å². The molecule has 0 aromatic heterocycles. The van der Waals surface area contributed by atoms with Gasteiger partial charge in [0.2, 0.25) is 5.91 Å². The van der Waals surface area contributed by atoms with E-state index < -0.39 is 4.92 Å². The van der Waals surface area contributed by atoms with Crippen LogP contribution in [0.1, 0.15) is 6.42 Å². The van der Waals surface area contributed by atoms with Gasteiger partial charge < -0.3 is 4.90 Å². The second-order valence-electron chi connectivity index (χ2n) is 4.24. The molecule has 0 N–H and O–H groups in total. The minimum Gasteiger partial charge on any atom is -0.310 e. The molecule has 1 amide bonds. The number of nitro benzene ring substituents is 1. The largest absolute Gasteiger partial charge is 0.310 e. The molecule has 1 aliphatic rings. The van der Waals surface area contributed by atoms with Crippen molar-refractivity contribution >= 4 is 60.7 Å². The van der Waals surface area contributed by atoms with E-state index in [9.17, 15) is 14.9 Å². The Labute approximate surface area is 131 Å². The summed E-state index contributed by atoms with van der Waals surface area (Å²) in [6.45, 7) is 0.525. The van der Waals surface area contributed by atoms with Gasteiger partial charge in [-0.2, -0.15) is 0 Å². The SMILES string of the molecule is O=C1CC(CCl)CN1c1c(Br)cc([N+](=O)[O-])cc1Br. The maximum Gasteiger partial charge on any atom is 0.271 e. The van der Waals surface area contributed by atoms with Crippen LogP contribution in [0.25, 0.3) is 0 Å². The van der Waals surface area contributed by atoms with Gasteiger partial charge >= 0.3 is 0 Å². The molecule has 102 valence electrons. The number of hydrogen-bond acceptors (Lipinski definition) is 3. The highest BCUT2D eigenvalue weighted by atomic mass is 79.9. The summed E-state index contributed by atoms with van der Waals surface area (Å²) in [4.78, 5) is 23.8. The molecule has 8 heteroatoms. The maximum absolute atomic E-state index is 12.0. The first kappa shape index (κ1) is 14.7. The minimum atomic E-state index is -0.479. The third-order valence-electron chi connectivity index (χ3n) is 2.91. The van der Waals surface area contributed by atoms with Crippen LogP contribution in [-0.2, 0) is 4.79 Å². The molecule has 0 bridgehead atoms. The van der Waals surface area contributed by atoms with Crippen molar-refractivity contribution in [2.45, 2.75) is 6.42 Å². The first-order valence-electron chi connectivity index (χ1n) is 5.43. The molecule has 5 nitrogen and oxygen atoms in total. The van der Waals surface area contributed by atoms with Crippen LogP contribution >= 0.6 is 43.5 Å². The summed E-state index contributed by atoms with van der Waals surface area (Å²) in [6, 6.07) is 2.78. The Morgan fingerprint density at radius 1 is 1.42 bits per heavy atom. The predicted octanol–water partition coefficient (Wildman–Crippen LogP) is 3.71. The van der Waals surface area contributed by atoms with Crippen LogP contribution in [0.15, 0.2) is 21.1 Å². The number of carbonyl (C=O) groups is 1. The Balaban J connectivity index is 2.41. The van der Waals surface area contributed by atoms with Crippen LogP contribution in [0.2, 0.25) is 0 Å². The van der Waals surface area contributed by atoms with Gasteiger partial charge in [-0.1, -0.05) is 0 Å². The maximum atomic E-state index is 12.0. The third kappa shape index (κ3) is 2.93. The fourth-order valence-electron chi connectivity index (χ4n) is 2.02. The first-order valence-corrected chi connectivity index (χ1v) is 7.56. The predicted molar refractivity (Wildman–Crippen MR) is 79.7 cm³/mol. The lowest BCUT2D eigenvalue weighted by molar-refractivity contribution is -0.385. The van der Waals surface area contributed by atoms with Gasteiger partial charge in [0.25, 0.3) is 5.69 Å². The summed E-state index contributed by atoms with van der Waals surface area (Å²) in [5.74, 6) is 0.508. The zero-order chi connectivity index (χ0) is 14.2. The summed E-state index contributed by atoms with van der Waals surface area (Å²) in [5, 5.41) is 10.8. The lowest BCUT2D eigenvalue weighted by Crippen LogP contribution is -2.25. The Bertz CT molecular complexity index is 530. The molecule has 1 atom stereocenters. The van der Waals surface area contributed by atoms with Gasteiger partial charge in [0, 0.05) is 39.9 Å². The molecule has 19 heavy (non-hydrogen) atoms. The molecule has 1 heterocycles. The summed E-state index contributed by atoms with van der Waals surface area (Å²) >= 11 is 12.3. The van der Waals surface area contributed by atoms with Gasteiger partial charge in [0.05, 0.1) is 10.6 Å². The summed E-state index contributed by atoms with van der Waals surface area (Å²) in [5.41, 5.74) is 0.575. The third-order valence-corrected chi connectivity index (χ3v) is 4.55. The van der Waals surface area contributed by atoms with E-state index in [1.807, 2.05) is 0 Å². The number of halogens is 3. The summed E-state index contributed by atoms with van der Waals surface area (Å²) in [7, 11) is 0. The van der Waals surface area contributed by atoms with E-state index in [4.69, 9.17) is 11.6 Å². The van der Waals surface area contributed by atoms with Gasteiger partial charge in [-0.15, -0.1) is 11.6 Å². The van der Waals surface area contributed by atoms with E-state index >= 15 is 0 Å². The second kappa shape index (κ2) is 5.76. The zero-order valence-corrected chi connectivity index (χ0v) is 13.5. The molecule has 0 aliphatic carbocycles. The summed E-state index contributed by atoms with van der Waals surface area (Å²) in [6.07, 6.45) is 0.402. The standard InChI is InChI=1S/C11H9Br2ClN2O3/c12-8-2-7(16(18)19)3-9(13)11(8)15-5-6(4-14)1-10(15)17/h2-3,6H,1,4-5H2. The van der Waals surface area contributed by atoms with E-state index in [2.05, 4.69) is 31.9 Å². The minimum absolute atomic E-state index is 0.0269. The van der Waals surface area contributed by atoms with Crippen LogP contribution in [-0.4, -0.2) is 23.3 Å². The average molecular weight is 412 g/mol. The van der Waals surface area contributed by atoms with Crippen molar-refractivity contribution in [2.75, 3.05) is 17.3 Å². The van der Waals surface area contributed by atoms with E-state index in [0.717, 1.165) is 0 Å². The molecule has 1 fully saturated rings. The van der Waals surface area contributed by atoms with Gasteiger partial charge in [-0.25, -0.2) is 0 Å². The van der Waals surface area contributed by atoms with E-state index in [0.29, 0.717) is 33.5 Å². The van der Waals surface area contributed by atoms with Crippen LogP contribution in [0.4, 0.5) is 11.4 Å². The Morgan fingerprint density at radius 2 is 2.00 bits per heavy atom. The van der Waals surface area contributed by atoms with Gasteiger partial charge in [-0.05, 0) is 37.8 Å². The van der Waals surface area contributed by atoms with E-state index in [-0.39, 0.29) is 17.5 Å². The number of non-ortho nitro benzene ring substituents is 1. The summed E-state index contributed by atoms with van der Waals surface area (Å²) < 4.78 is 1.02. The monoisotopic (exact) mass is 410 g/mol. The molecule has 2 rings (SSSR count). The van der Waals surface area contributed by atoms with Crippen LogP contribution in [0, 0.1) is 16.0 Å². The number of carbonyl (C=O) groups excluding carboxylic acids is 1. The Hall–Kier alpha value is -0.660. The van der Waals surface area contributed by atoms with Crippen molar-refractivity contribution in [3.05, 3.63) is 31.2 Å². The quantitative estimate of drug-likeness (QED) is 0.432. The Kier molecular flexibility index (Phi) is 4.47. The molecule has 1 unspecified atom stereocenters. The molecule has 0 saturated carbocycles. The number of rotatable bonds is 3. The first-order chi connectivity index (χ1) is 8.93. The molecule has 1 aliphatic heterocycles. The number of nitrogens with zero attached hydrogens (tertiary/aromatic N) is 2. The molecule has 1 saturated heterocycles. The fraction of sp³-hybridized carbons (Fsp3) is 0.364. The lowest BCUT2D eigenvalue weighted by atomic mass is 10.1. The van der Waals surface area contributed by atoms with Gasteiger partial charge in [0.1, 0.15) is 0 Å². The smallest absolute Gasteiger partial charge is 0.271 e. The van der Waals surface area contributed by atoms with Crippen LogP contribution in [0.3, 0.4) is 0 Å². The molecular formula is C11H9Br2ClN2O3. The number of hydrogen-bond donors (Lipinski definition) is 0. The molecule has 0 spiro atoms. The van der Waals surface area contributed by atoms with Crippen molar-refractivity contribution in [3.63, 3.8) is 0 Å². The molecule has 1 aromatic rings. The van der Waals surface area contributed by atoms with Crippen molar-refractivity contribution < 1.29 is 9.72 Å². The van der Waals surface area contributed by atoms with Crippen molar-refractivity contribution in [3.8, 4) is 0 Å². The average Bonchev–Trinajstić information content (AvgIpc) is 2.70. The molecule has 1 aromatic carbocycles. The lowest BCUT2D eigenvalue weighted by Gasteiger charge is -2.19. The van der Waals surface area contributed by atoms with Gasteiger partial charge in [0.15, 0.2) is 0 Å². The number of anilines is 1. The van der Waals surface area contributed by atoms with Crippen molar-refractivity contribution in [1.29, 1.82) is 0 Å².